The number of carbonyl (C=O) groups is 2. The molecule has 0 aromatic heterocycles. The minimum absolute atomic E-state index is 0.0410. The summed E-state index contributed by atoms with van der Waals surface area (Å²) in [5, 5.41) is 2.52. The normalized spacial score (nSPS) is 21.4. The van der Waals surface area contributed by atoms with E-state index in [1.807, 2.05) is 0 Å². The van der Waals surface area contributed by atoms with E-state index in [-0.39, 0.29) is 12.3 Å². The van der Waals surface area contributed by atoms with Crippen molar-refractivity contribution in [1.82, 2.24) is 5.32 Å². The third-order valence-corrected chi connectivity index (χ3v) is 3.74. The van der Waals surface area contributed by atoms with Gasteiger partial charge >= 0.3 is 5.97 Å². The van der Waals surface area contributed by atoms with Gasteiger partial charge in [0.2, 0.25) is 5.54 Å². The summed E-state index contributed by atoms with van der Waals surface area (Å²) in [6.07, 6.45) is -0.0840. The molecule has 124 valence electrons. The second-order valence-electron chi connectivity index (χ2n) is 5.59. The van der Waals surface area contributed by atoms with Crippen LogP contribution in [0, 0.1) is 0 Å². The maximum atomic E-state index is 15.0. The molecule has 0 aliphatic carbocycles. The molecule has 1 N–H and O–H groups in total. The molecule has 1 aromatic rings. The second kappa shape index (κ2) is 6.48. The van der Waals surface area contributed by atoms with E-state index in [0.717, 1.165) is 0 Å². The Morgan fingerprint density at radius 1 is 1.35 bits per heavy atom. The lowest BCUT2D eigenvalue weighted by molar-refractivity contribution is -0.174. The molecule has 0 amide bonds. The van der Waals surface area contributed by atoms with E-state index in [1.165, 1.54) is 19.9 Å². The molecule has 0 fully saturated rings. The van der Waals surface area contributed by atoms with Crippen LogP contribution in [0.2, 0.25) is 0 Å². The SMILES string of the molecule is CCOC(=O)C1(C(F)(F)Cc2ccccc2)CC(=O)C=C(C)N1. The summed E-state index contributed by atoms with van der Waals surface area (Å²) in [6.45, 7) is 2.97. The van der Waals surface area contributed by atoms with Gasteiger partial charge in [0.25, 0.3) is 5.92 Å². The summed E-state index contributed by atoms with van der Waals surface area (Å²) in [5.41, 5.74) is -1.78. The maximum Gasteiger partial charge on any atom is 0.338 e. The van der Waals surface area contributed by atoms with Crippen LogP contribution in [0.4, 0.5) is 8.78 Å². The molecular weight excluding hydrogens is 304 g/mol. The van der Waals surface area contributed by atoms with Crippen molar-refractivity contribution in [3.8, 4) is 0 Å². The zero-order chi connectivity index (χ0) is 17.1. The number of benzene rings is 1. The van der Waals surface area contributed by atoms with Gasteiger partial charge in [-0.3, -0.25) is 4.79 Å². The molecule has 1 aliphatic heterocycles. The topological polar surface area (TPSA) is 55.4 Å². The zero-order valence-corrected chi connectivity index (χ0v) is 13.1. The number of carbonyl (C=O) groups excluding carboxylic acids is 2. The number of halogens is 2. The van der Waals surface area contributed by atoms with Crippen molar-refractivity contribution in [2.24, 2.45) is 0 Å². The number of esters is 1. The summed E-state index contributed by atoms with van der Waals surface area (Å²) in [5.74, 6) is -5.13. The van der Waals surface area contributed by atoms with Crippen LogP contribution in [0.15, 0.2) is 42.1 Å². The molecule has 0 spiro atoms. The molecule has 1 aromatic carbocycles. The largest absolute Gasteiger partial charge is 0.464 e. The van der Waals surface area contributed by atoms with Crippen LogP contribution in [-0.2, 0) is 20.7 Å². The molecule has 0 radical (unpaired) electrons. The van der Waals surface area contributed by atoms with Gasteiger partial charge in [0.15, 0.2) is 5.78 Å². The molecular formula is C17H19F2NO3. The highest BCUT2D eigenvalue weighted by atomic mass is 19.3. The van der Waals surface area contributed by atoms with Crippen molar-refractivity contribution in [2.45, 2.75) is 38.2 Å². The number of hydrogen-bond donors (Lipinski definition) is 1. The molecule has 2 rings (SSSR count). The molecule has 1 aliphatic rings. The summed E-state index contributed by atoms with van der Waals surface area (Å²) < 4.78 is 34.9. The second-order valence-corrected chi connectivity index (χ2v) is 5.59. The van der Waals surface area contributed by atoms with Crippen LogP contribution >= 0.6 is 0 Å². The Morgan fingerprint density at radius 3 is 2.57 bits per heavy atom. The van der Waals surface area contributed by atoms with Crippen LogP contribution < -0.4 is 5.32 Å². The first kappa shape index (κ1) is 17.1. The van der Waals surface area contributed by atoms with E-state index in [0.29, 0.717) is 5.56 Å². The molecule has 1 atom stereocenters. The van der Waals surface area contributed by atoms with Gasteiger partial charge in [-0.2, -0.15) is 0 Å². The van der Waals surface area contributed by atoms with Crippen molar-refractivity contribution >= 4 is 11.8 Å². The lowest BCUT2D eigenvalue weighted by Gasteiger charge is -2.41. The van der Waals surface area contributed by atoms with Gasteiger partial charge in [0.1, 0.15) is 0 Å². The molecule has 0 saturated heterocycles. The van der Waals surface area contributed by atoms with E-state index in [2.05, 4.69) is 5.32 Å². The Morgan fingerprint density at radius 2 is 2.00 bits per heavy atom. The Bertz CT molecular complexity index is 628. The standard InChI is InChI=1S/C17H19F2NO3/c1-3-23-15(22)16(11-14(21)9-12(2)20-16)17(18,19)10-13-7-5-4-6-8-13/h4-9,20H,3,10-11H2,1-2H3. The summed E-state index contributed by atoms with van der Waals surface area (Å²) in [4.78, 5) is 24.1. The minimum atomic E-state index is -3.49. The van der Waals surface area contributed by atoms with Crippen molar-refractivity contribution in [2.75, 3.05) is 6.61 Å². The van der Waals surface area contributed by atoms with Crippen molar-refractivity contribution < 1.29 is 23.1 Å². The van der Waals surface area contributed by atoms with E-state index in [9.17, 15) is 9.59 Å². The third-order valence-electron chi connectivity index (χ3n) is 3.74. The highest BCUT2D eigenvalue weighted by molar-refractivity contribution is 5.98. The van der Waals surface area contributed by atoms with E-state index >= 15 is 8.78 Å². The Balaban J connectivity index is 2.42. The third kappa shape index (κ3) is 3.41. The fourth-order valence-corrected chi connectivity index (χ4v) is 2.72. The summed E-state index contributed by atoms with van der Waals surface area (Å²) in [6, 6.07) is 8.12. The van der Waals surface area contributed by atoms with Gasteiger partial charge < -0.3 is 10.1 Å². The number of hydrogen-bond acceptors (Lipinski definition) is 4. The van der Waals surface area contributed by atoms with Gasteiger partial charge in [0, 0.05) is 12.1 Å². The number of ether oxygens (including phenoxy) is 1. The van der Waals surface area contributed by atoms with E-state index in [1.54, 1.807) is 30.3 Å². The van der Waals surface area contributed by atoms with Crippen LogP contribution in [0.25, 0.3) is 0 Å². The van der Waals surface area contributed by atoms with E-state index < -0.39 is 36.1 Å². The van der Waals surface area contributed by atoms with Crippen LogP contribution in [-0.4, -0.2) is 29.8 Å². The molecule has 23 heavy (non-hydrogen) atoms. The molecule has 1 heterocycles. The molecule has 0 saturated carbocycles. The van der Waals surface area contributed by atoms with Crippen LogP contribution in [0.5, 0.6) is 0 Å². The highest BCUT2D eigenvalue weighted by Crippen LogP contribution is 2.39. The number of ketones is 1. The number of nitrogens with one attached hydrogen (secondary N) is 1. The molecule has 6 heteroatoms. The maximum absolute atomic E-state index is 15.0. The van der Waals surface area contributed by atoms with Crippen molar-refractivity contribution in [3.05, 3.63) is 47.7 Å². The smallest absolute Gasteiger partial charge is 0.338 e. The van der Waals surface area contributed by atoms with Crippen LogP contribution in [0.1, 0.15) is 25.8 Å². The fourth-order valence-electron chi connectivity index (χ4n) is 2.72. The van der Waals surface area contributed by atoms with Gasteiger partial charge in [-0.15, -0.1) is 0 Å². The van der Waals surface area contributed by atoms with Crippen molar-refractivity contribution in [1.29, 1.82) is 0 Å². The first-order chi connectivity index (χ1) is 10.8. The Labute approximate surface area is 133 Å². The molecule has 0 bridgehead atoms. The lowest BCUT2D eigenvalue weighted by atomic mass is 9.80. The van der Waals surface area contributed by atoms with Gasteiger partial charge in [-0.25, -0.2) is 13.6 Å². The van der Waals surface area contributed by atoms with Gasteiger partial charge in [-0.05, 0) is 25.5 Å². The highest BCUT2D eigenvalue weighted by Gasteiger charge is 2.62. The van der Waals surface area contributed by atoms with E-state index in [4.69, 9.17) is 4.74 Å². The molecule has 1 unspecified atom stereocenters. The first-order valence-electron chi connectivity index (χ1n) is 7.39. The first-order valence-corrected chi connectivity index (χ1v) is 7.39. The van der Waals surface area contributed by atoms with Gasteiger partial charge in [-0.1, -0.05) is 30.3 Å². The zero-order valence-electron chi connectivity index (χ0n) is 13.1. The average molecular weight is 323 g/mol. The number of rotatable bonds is 5. The number of alkyl halides is 2. The minimum Gasteiger partial charge on any atom is -0.464 e. The summed E-state index contributed by atoms with van der Waals surface area (Å²) >= 11 is 0. The Hall–Kier alpha value is -2.24. The van der Waals surface area contributed by atoms with Gasteiger partial charge in [0.05, 0.1) is 13.0 Å². The Kier molecular flexibility index (Phi) is 4.82. The van der Waals surface area contributed by atoms with Crippen LogP contribution in [0.3, 0.4) is 0 Å². The predicted octanol–water partition coefficient (Wildman–Crippen LogP) is 2.63. The summed E-state index contributed by atoms with van der Waals surface area (Å²) in [7, 11) is 0. The lowest BCUT2D eigenvalue weighted by Crippen LogP contribution is -2.66. The fraction of sp³-hybridized carbons (Fsp3) is 0.412. The predicted molar refractivity (Wildman–Crippen MR) is 81.0 cm³/mol. The van der Waals surface area contributed by atoms with Crippen molar-refractivity contribution in [3.63, 3.8) is 0 Å². The quantitative estimate of drug-likeness (QED) is 0.847. The monoisotopic (exact) mass is 323 g/mol. The number of allylic oxidation sites excluding steroid dienone is 2. The average Bonchev–Trinajstić information content (AvgIpc) is 2.46. The molecule has 4 nitrogen and oxygen atoms in total.